The van der Waals surface area contributed by atoms with Crippen molar-refractivity contribution in [1.29, 1.82) is 0 Å². The molecule has 0 unspecified atom stereocenters. The predicted molar refractivity (Wildman–Crippen MR) is 145 cm³/mol. The van der Waals surface area contributed by atoms with Gasteiger partial charge >= 0.3 is 5.63 Å². The number of thiazole rings is 1. The van der Waals surface area contributed by atoms with Crippen molar-refractivity contribution in [1.82, 2.24) is 9.88 Å². The molecule has 1 aliphatic rings. The van der Waals surface area contributed by atoms with Gasteiger partial charge in [0.1, 0.15) is 11.1 Å². The zero-order valence-electron chi connectivity index (χ0n) is 20.5. The lowest BCUT2D eigenvalue weighted by Gasteiger charge is -2.24. The number of ether oxygens (including phenoxy) is 2. The van der Waals surface area contributed by atoms with E-state index in [1.165, 1.54) is 11.3 Å². The Morgan fingerprint density at radius 1 is 0.973 bits per heavy atom. The lowest BCUT2D eigenvalue weighted by atomic mass is 10.0. The first kappa shape index (κ1) is 23.4. The van der Waals surface area contributed by atoms with Gasteiger partial charge in [-0.2, -0.15) is 0 Å². The summed E-state index contributed by atoms with van der Waals surface area (Å²) in [5, 5.41) is 3.15. The molecule has 2 aromatic heterocycles. The summed E-state index contributed by atoms with van der Waals surface area (Å²) in [6, 6.07) is 16.9. The van der Waals surface area contributed by atoms with Crippen LogP contribution < -0.4 is 20.0 Å². The number of nitrogens with zero attached hydrogens (tertiary/aromatic N) is 3. The van der Waals surface area contributed by atoms with E-state index in [-0.39, 0.29) is 12.4 Å². The standard InChI is InChI=1S/C28H25N3O5S/c1-3-30(4-2)11-12-31(28-29-21-14-23-24(35-16-34-23)15-25(21)37-28)26(32)20-13-19-18-8-6-5-7-17(18)9-10-22(19)36-27(20)33/h5-10,13-15H,3-4,11-12,16H2,1-2H3. The average molecular weight is 516 g/mol. The molecule has 5 aromatic rings. The Balaban J connectivity index is 1.45. The van der Waals surface area contributed by atoms with Crippen LogP contribution in [0.4, 0.5) is 5.13 Å². The Bertz CT molecular complexity index is 1660. The van der Waals surface area contributed by atoms with E-state index < -0.39 is 11.5 Å². The fourth-order valence-corrected chi connectivity index (χ4v) is 5.65. The molecular formula is C28H25N3O5S. The van der Waals surface area contributed by atoms with Crippen LogP contribution in [0.2, 0.25) is 0 Å². The molecule has 9 heteroatoms. The molecule has 6 rings (SSSR count). The van der Waals surface area contributed by atoms with Crippen LogP contribution in [-0.2, 0) is 0 Å². The van der Waals surface area contributed by atoms with Gasteiger partial charge in [0.2, 0.25) is 6.79 Å². The van der Waals surface area contributed by atoms with E-state index in [0.29, 0.717) is 40.8 Å². The topological polar surface area (TPSA) is 85.1 Å². The van der Waals surface area contributed by atoms with Crippen LogP contribution in [0.3, 0.4) is 0 Å². The SMILES string of the molecule is CCN(CC)CCN(C(=O)c1cc2c(ccc3ccccc32)oc1=O)c1nc2cc3c(cc2s1)OCO3. The molecule has 0 bridgehead atoms. The molecule has 1 amide bonds. The number of carbonyl (C=O) groups excluding carboxylic acids is 1. The Morgan fingerprint density at radius 3 is 2.57 bits per heavy atom. The molecule has 0 saturated heterocycles. The third-order valence-corrected chi connectivity index (χ3v) is 7.80. The number of rotatable bonds is 7. The normalized spacial score (nSPS) is 12.7. The van der Waals surface area contributed by atoms with Gasteiger partial charge in [-0.3, -0.25) is 9.69 Å². The van der Waals surface area contributed by atoms with Crippen LogP contribution in [0.5, 0.6) is 11.5 Å². The number of hydrogen-bond donors (Lipinski definition) is 0. The molecule has 0 spiro atoms. The molecule has 8 nitrogen and oxygen atoms in total. The van der Waals surface area contributed by atoms with Crippen molar-refractivity contribution < 1.29 is 18.7 Å². The van der Waals surface area contributed by atoms with Gasteiger partial charge in [0.15, 0.2) is 16.6 Å². The lowest BCUT2D eigenvalue weighted by Crippen LogP contribution is -2.40. The zero-order chi connectivity index (χ0) is 25.5. The van der Waals surface area contributed by atoms with E-state index in [0.717, 1.165) is 33.9 Å². The minimum atomic E-state index is -0.664. The molecule has 0 N–H and O–H groups in total. The highest BCUT2D eigenvalue weighted by molar-refractivity contribution is 7.22. The molecular weight excluding hydrogens is 490 g/mol. The maximum atomic E-state index is 14.0. The number of anilines is 1. The molecule has 0 atom stereocenters. The molecule has 0 radical (unpaired) electrons. The third kappa shape index (κ3) is 4.20. The van der Waals surface area contributed by atoms with Gasteiger partial charge in [-0.15, -0.1) is 0 Å². The van der Waals surface area contributed by atoms with Gasteiger partial charge < -0.3 is 18.8 Å². The maximum Gasteiger partial charge on any atom is 0.349 e. The lowest BCUT2D eigenvalue weighted by molar-refractivity contribution is 0.0980. The Labute approximate surface area is 216 Å². The van der Waals surface area contributed by atoms with Gasteiger partial charge in [0, 0.05) is 30.6 Å². The van der Waals surface area contributed by atoms with Gasteiger partial charge in [-0.1, -0.05) is 55.5 Å². The third-order valence-electron chi connectivity index (χ3n) is 6.75. The van der Waals surface area contributed by atoms with Crippen LogP contribution in [0.1, 0.15) is 24.2 Å². The number of aromatic nitrogens is 1. The smallest absolute Gasteiger partial charge is 0.349 e. The number of carbonyl (C=O) groups is 1. The quantitative estimate of drug-likeness (QED) is 0.216. The molecule has 3 heterocycles. The summed E-state index contributed by atoms with van der Waals surface area (Å²) in [7, 11) is 0. The van der Waals surface area contributed by atoms with Crippen LogP contribution in [0, 0.1) is 0 Å². The number of benzene rings is 3. The van der Waals surface area contributed by atoms with Gasteiger partial charge in [0.05, 0.1) is 10.2 Å². The minimum absolute atomic E-state index is 0.0168. The first-order valence-corrected chi connectivity index (χ1v) is 13.1. The second-order valence-corrected chi connectivity index (χ2v) is 9.81. The number of hydrogen-bond acceptors (Lipinski definition) is 8. The fourth-order valence-electron chi connectivity index (χ4n) is 4.65. The molecule has 0 saturated carbocycles. The van der Waals surface area contributed by atoms with Crippen LogP contribution >= 0.6 is 11.3 Å². The highest BCUT2D eigenvalue weighted by Crippen LogP contribution is 2.40. The van der Waals surface area contributed by atoms with Gasteiger partial charge in [0.25, 0.3) is 5.91 Å². The first-order valence-electron chi connectivity index (χ1n) is 12.3. The van der Waals surface area contributed by atoms with Crippen molar-refractivity contribution in [2.45, 2.75) is 13.8 Å². The molecule has 188 valence electrons. The summed E-state index contributed by atoms with van der Waals surface area (Å²) < 4.78 is 17.5. The van der Waals surface area contributed by atoms with Crippen molar-refractivity contribution in [3.8, 4) is 11.5 Å². The van der Waals surface area contributed by atoms with Gasteiger partial charge in [-0.05, 0) is 36.0 Å². The minimum Gasteiger partial charge on any atom is -0.454 e. The number of likely N-dealkylation sites (N-methyl/N-ethyl adjacent to an activating group) is 1. The summed E-state index contributed by atoms with van der Waals surface area (Å²) in [4.78, 5) is 35.6. The number of fused-ring (bicyclic) bond motifs is 5. The van der Waals surface area contributed by atoms with E-state index >= 15 is 0 Å². The maximum absolute atomic E-state index is 14.0. The summed E-state index contributed by atoms with van der Waals surface area (Å²) in [6.07, 6.45) is 0. The fraction of sp³-hybridized carbons (Fsp3) is 0.250. The van der Waals surface area contributed by atoms with Gasteiger partial charge in [-0.25, -0.2) is 9.78 Å². The second kappa shape index (κ2) is 9.49. The van der Waals surface area contributed by atoms with E-state index in [1.54, 1.807) is 17.0 Å². The highest BCUT2D eigenvalue weighted by atomic mass is 32.1. The Morgan fingerprint density at radius 2 is 1.76 bits per heavy atom. The summed E-state index contributed by atoms with van der Waals surface area (Å²) in [6.45, 7) is 7.06. The predicted octanol–water partition coefficient (Wildman–Crippen LogP) is 5.27. The molecule has 3 aromatic carbocycles. The number of amides is 1. The largest absolute Gasteiger partial charge is 0.454 e. The van der Waals surface area contributed by atoms with E-state index in [9.17, 15) is 9.59 Å². The van der Waals surface area contributed by atoms with Crippen molar-refractivity contribution in [3.63, 3.8) is 0 Å². The van der Waals surface area contributed by atoms with Crippen molar-refractivity contribution in [2.24, 2.45) is 0 Å². The molecule has 0 aliphatic carbocycles. The van der Waals surface area contributed by atoms with E-state index in [2.05, 4.69) is 18.7 Å². The van der Waals surface area contributed by atoms with Crippen molar-refractivity contribution in [3.05, 3.63) is 70.6 Å². The van der Waals surface area contributed by atoms with E-state index in [4.69, 9.17) is 18.9 Å². The van der Waals surface area contributed by atoms with Crippen molar-refractivity contribution >= 4 is 54.3 Å². The van der Waals surface area contributed by atoms with Crippen LogP contribution in [-0.4, -0.2) is 48.8 Å². The van der Waals surface area contributed by atoms with Crippen molar-refractivity contribution in [2.75, 3.05) is 37.9 Å². The monoisotopic (exact) mass is 515 g/mol. The Kier molecular flexibility index (Phi) is 6.02. The molecule has 1 aliphatic heterocycles. The van der Waals surface area contributed by atoms with E-state index in [1.807, 2.05) is 42.5 Å². The summed E-state index contributed by atoms with van der Waals surface area (Å²) >= 11 is 1.38. The Hall–Kier alpha value is -3.95. The average Bonchev–Trinajstić information content (AvgIpc) is 3.54. The summed E-state index contributed by atoms with van der Waals surface area (Å²) in [5.74, 6) is 0.855. The second-order valence-electron chi connectivity index (χ2n) is 8.80. The zero-order valence-corrected chi connectivity index (χ0v) is 21.3. The summed E-state index contributed by atoms with van der Waals surface area (Å²) in [5.41, 5.74) is 0.477. The molecule has 0 fully saturated rings. The van der Waals surface area contributed by atoms with Crippen LogP contribution in [0.25, 0.3) is 32.0 Å². The highest BCUT2D eigenvalue weighted by Gasteiger charge is 2.26. The van der Waals surface area contributed by atoms with Crippen LogP contribution in [0.15, 0.2) is 63.8 Å². The first-order chi connectivity index (χ1) is 18.1. The molecule has 37 heavy (non-hydrogen) atoms.